The Kier molecular flexibility index (Phi) is 6.63. The maximum atomic E-state index is 12.4. The van der Waals surface area contributed by atoms with Gasteiger partial charge in [-0.15, -0.1) is 0 Å². The zero-order valence-corrected chi connectivity index (χ0v) is 15.0. The lowest BCUT2D eigenvalue weighted by Crippen LogP contribution is -2.54. The lowest BCUT2D eigenvalue weighted by atomic mass is 9.88. The molecule has 24 heavy (non-hydrogen) atoms. The van der Waals surface area contributed by atoms with E-state index in [0.29, 0.717) is 26.1 Å². The number of carbonyl (C=O) groups is 1. The summed E-state index contributed by atoms with van der Waals surface area (Å²) in [6.07, 6.45) is 2.01. The first-order valence-electron chi connectivity index (χ1n) is 8.69. The highest BCUT2D eigenvalue weighted by atomic mass is 16.5. The molecule has 0 aromatic heterocycles. The van der Waals surface area contributed by atoms with Crippen molar-refractivity contribution in [3.05, 3.63) is 35.9 Å². The average molecular weight is 334 g/mol. The minimum atomic E-state index is -0.379. The van der Waals surface area contributed by atoms with Crippen LogP contribution in [0, 0.1) is 5.92 Å². The molecule has 2 N–H and O–H groups in total. The van der Waals surface area contributed by atoms with E-state index in [1.807, 2.05) is 49.1 Å². The van der Waals surface area contributed by atoms with Crippen molar-refractivity contribution < 1.29 is 14.6 Å². The molecular weight excluding hydrogens is 304 g/mol. The van der Waals surface area contributed by atoms with Gasteiger partial charge in [-0.05, 0) is 44.6 Å². The molecule has 5 nitrogen and oxygen atoms in total. The second kappa shape index (κ2) is 8.49. The first-order chi connectivity index (χ1) is 11.4. The summed E-state index contributed by atoms with van der Waals surface area (Å²) >= 11 is 0. The van der Waals surface area contributed by atoms with Crippen LogP contribution >= 0.6 is 0 Å². The Morgan fingerprint density at radius 2 is 1.96 bits per heavy atom. The third-order valence-electron chi connectivity index (χ3n) is 4.61. The Morgan fingerprint density at radius 1 is 1.33 bits per heavy atom. The maximum absolute atomic E-state index is 12.4. The van der Waals surface area contributed by atoms with Crippen molar-refractivity contribution in [2.45, 2.75) is 44.8 Å². The molecule has 1 aromatic carbocycles. The van der Waals surface area contributed by atoms with Gasteiger partial charge in [0.05, 0.1) is 18.2 Å². The average Bonchev–Trinajstić information content (AvgIpc) is 2.55. The van der Waals surface area contributed by atoms with Gasteiger partial charge in [-0.25, -0.2) is 4.79 Å². The van der Waals surface area contributed by atoms with Crippen molar-refractivity contribution in [2.75, 3.05) is 26.8 Å². The fourth-order valence-electron chi connectivity index (χ4n) is 3.28. The number of hydrogen-bond acceptors (Lipinski definition) is 3. The number of amides is 2. The van der Waals surface area contributed by atoms with Crippen LogP contribution in [-0.4, -0.2) is 54.5 Å². The molecule has 1 unspecified atom stereocenters. The number of urea groups is 1. The van der Waals surface area contributed by atoms with E-state index in [4.69, 9.17) is 4.74 Å². The van der Waals surface area contributed by atoms with E-state index in [1.54, 1.807) is 7.11 Å². The van der Waals surface area contributed by atoms with Crippen LogP contribution in [0.1, 0.15) is 32.3 Å². The number of carbonyl (C=O) groups excluding carboxylic acids is 1. The quantitative estimate of drug-likeness (QED) is 0.840. The largest absolute Gasteiger partial charge is 0.392 e. The summed E-state index contributed by atoms with van der Waals surface area (Å²) in [5.41, 5.74) is 0.779. The van der Waals surface area contributed by atoms with E-state index in [-0.39, 0.29) is 23.6 Å². The molecule has 1 aromatic rings. The molecule has 2 amide bonds. The predicted octanol–water partition coefficient (Wildman–Crippen LogP) is 2.44. The number of aliphatic hydroxyl groups excluding tert-OH is 1. The SMILES string of the molecule is COCC(C)(C)NC(=O)N1CCC(C(O)Cc2ccccc2)CC1. The number of methoxy groups -OCH3 is 1. The predicted molar refractivity (Wildman–Crippen MR) is 94.9 cm³/mol. The van der Waals surface area contributed by atoms with Crippen LogP contribution in [0.25, 0.3) is 0 Å². The zero-order valence-electron chi connectivity index (χ0n) is 15.0. The highest BCUT2D eigenvalue weighted by Gasteiger charge is 2.29. The molecule has 1 fully saturated rings. The van der Waals surface area contributed by atoms with Gasteiger partial charge in [0, 0.05) is 20.2 Å². The van der Waals surface area contributed by atoms with Crippen LogP contribution in [0.3, 0.4) is 0 Å². The lowest BCUT2D eigenvalue weighted by molar-refractivity contribution is 0.0641. The smallest absolute Gasteiger partial charge is 0.317 e. The highest BCUT2D eigenvalue weighted by Crippen LogP contribution is 2.23. The van der Waals surface area contributed by atoms with Gasteiger partial charge < -0.3 is 20.1 Å². The molecule has 2 rings (SSSR count). The summed E-state index contributed by atoms with van der Waals surface area (Å²) < 4.78 is 5.13. The van der Waals surface area contributed by atoms with E-state index in [9.17, 15) is 9.90 Å². The molecular formula is C19H30N2O3. The van der Waals surface area contributed by atoms with Crippen molar-refractivity contribution in [1.82, 2.24) is 10.2 Å². The molecule has 1 aliphatic heterocycles. The number of nitrogens with one attached hydrogen (secondary N) is 1. The van der Waals surface area contributed by atoms with E-state index in [0.717, 1.165) is 18.4 Å². The number of likely N-dealkylation sites (tertiary alicyclic amines) is 1. The molecule has 1 saturated heterocycles. The van der Waals surface area contributed by atoms with Crippen LogP contribution in [0.2, 0.25) is 0 Å². The Morgan fingerprint density at radius 3 is 2.54 bits per heavy atom. The molecule has 0 aliphatic carbocycles. The monoisotopic (exact) mass is 334 g/mol. The van der Waals surface area contributed by atoms with Crippen molar-refractivity contribution >= 4 is 6.03 Å². The number of rotatable bonds is 6. The Bertz CT molecular complexity index is 511. The van der Waals surface area contributed by atoms with Gasteiger partial charge in [0.25, 0.3) is 0 Å². The number of benzene rings is 1. The normalized spacial score (nSPS) is 17.6. The van der Waals surface area contributed by atoms with Crippen LogP contribution in [-0.2, 0) is 11.2 Å². The van der Waals surface area contributed by atoms with E-state index < -0.39 is 0 Å². The summed E-state index contributed by atoms with van der Waals surface area (Å²) in [6.45, 7) is 5.75. The number of ether oxygens (including phenoxy) is 1. The van der Waals surface area contributed by atoms with Crippen molar-refractivity contribution in [1.29, 1.82) is 0 Å². The van der Waals surface area contributed by atoms with Crippen LogP contribution in [0.15, 0.2) is 30.3 Å². The second-order valence-electron chi connectivity index (χ2n) is 7.33. The first kappa shape index (κ1) is 18.7. The Labute approximate surface area is 145 Å². The molecule has 0 bridgehead atoms. The van der Waals surface area contributed by atoms with Gasteiger partial charge in [0.1, 0.15) is 0 Å². The van der Waals surface area contributed by atoms with Crippen LogP contribution in [0.4, 0.5) is 4.79 Å². The standard InChI is InChI=1S/C19H30N2O3/c1-19(2,14-24-3)20-18(23)21-11-9-16(10-12-21)17(22)13-15-7-5-4-6-8-15/h4-8,16-17,22H,9-14H2,1-3H3,(H,20,23). The van der Waals surface area contributed by atoms with Crippen molar-refractivity contribution in [3.63, 3.8) is 0 Å². The summed E-state index contributed by atoms with van der Waals surface area (Å²) in [5.74, 6) is 0.251. The highest BCUT2D eigenvalue weighted by molar-refractivity contribution is 5.75. The summed E-state index contributed by atoms with van der Waals surface area (Å²) in [5, 5.41) is 13.5. The van der Waals surface area contributed by atoms with Crippen LogP contribution in [0.5, 0.6) is 0 Å². The Hall–Kier alpha value is -1.59. The maximum Gasteiger partial charge on any atom is 0.317 e. The van der Waals surface area contributed by atoms with Gasteiger partial charge in [0.2, 0.25) is 0 Å². The zero-order chi connectivity index (χ0) is 17.6. The summed E-state index contributed by atoms with van der Waals surface area (Å²) in [7, 11) is 1.63. The van der Waals surface area contributed by atoms with E-state index in [1.165, 1.54) is 0 Å². The molecule has 0 spiro atoms. The van der Waals surface area contributed by atoms with Gasteiger partial charge in [-0.3, -0.25) is 0 Å². The van der Waals surface area contributed by atoms with Gasteiger partial charge >= 0.3 is 6.03 Å². The lowest BCUT2D eigenvalue weighted by Gasteiger charge is -2.36. The minimum absolute atomic E-state index is 0.0481. The molecule has 134 valence electrons. The van der Waals surface area contributed by atoms with Gasteiger partial charge in [-0.1, -0.05) is 30.3 Å². The van der Waals surface area contributed by atoms with E-state index >= 15 is 0 Å². The van der Waals surface area contributed by atoms with Gasteiger partial charge in [0.15, 0.2) is 0 Å². The fraction of sp³-hybridized carbons (Fsp3) is 0.632. The molecule has 0 saturated carbocycles. The molecule has 5 heteroatoms. The van der Waals surface area contributed by atoms with Gasteiger partial charge in [-0.2, -0.15) is 0 Å². The molecule has 1 aliphatic rings. The fourth-order valence-corrected chi connectivity index (χ4v) is 3.28. The molecule has 1 heterocycles. The van der Waals surface area contributed by atoms with Crippen LogP contribution < -0.4 is 5.32 Å². The first-order valence-corrected chi connectivity index (χ1v) is 8.69. The topological polar surface area (TPSA) is 61.8 Å². The third-order valence-corrected chi connectivity index (χ3v) is 4.61. The number of hydrogen-bond donors (Lipinski definition) is 2. The van der Waals surface area contributed by atoms with Crippen molar-refractivity contribution in [2.24, 2.45) is 5.92 Å². The summed E-state index contributed by atoms with van der Waals surface area (Å²) in [4.78, 5) is 14.2. The minimum Gasteiger partial charge on any atom is -0.392 e. The molecule has 0 radical (unpaired) electrons. The van der Waals surface area contributed by atoms with E-state index in [2.05, 4.69) is 5.32 Å². The molecule has 1 atom stereocenters. The second-order valence-corrected chi connectivity index (χ2v) is 7.33. The van der Waals surface area contributed by atoms with Crippen molar-refractivity contribution in [3.8, 4) is 0 Å². The number of nitrogens with zero attached hydrogens (tertiary/aromatic N) is 1. The summed E-state index contributed by atoms with van der Waals surface area (Å²) in [6, 6.07) is 10.0. The number of aliphatic hydroxyl groups is 1. The number of piperidine rings is 1. The third kappa shape index (κ3) is 5.49. The Balaban J connectivity index is 1.79.